The molecule has 1 aromatic carbocycles. The summed E-state index contributed by atoms with van der Waals surface area (Å²) in [6, 6.07) is 7.91. The molecule has 0 saturated heterocycles. The summed E-state index contributed by atoms with van der Waals surface area (Å²) >= 11 is 0. The highest BCUT2D eigenvalue weighted by Crippen LogP contribution is 2.33. The van der Waals surface area contributed by atoms with Crippen molar-refractivity contribution in [1.29, 1.82) is 0 Å². The molecule has 2 rings (SSSR count). The summed E-state index contributed by atoms with van der Waals surface area (Å²) in [6.07, 6.45) is 4.86. The Hall–Kier alpha value is -2.07. The van der Waals surface area contributed by atoms with Gasteiger partial charge in [-0.15, -0.1) is 0 Å². The van der Waals surface area contributed by atoms with Gasteiger partial charge in [0.15, 0.2) is 0 Å². The van der Waals surface area contributed by atoms with Crippen LogP contribution >= 0.6 is 0 Å². The SMILES string of the molecule is CCCNCc1cncc(-c2cc(OC)ccc2OC)c1. The number of nitrogens with one attached hydrogen (secondary N) is 1. The van der Waals surface area contributed by atoms with Crippen LogP contribution in [-0.4, -0.2) is 25.7 Å². The molecule has 0 unspecified atom stereocenters. The van der Waals surface area contributed by atoms with E-state index in [1.165, 1.54) is 0 Å². The van der Waals surface area contributed by atoms with Crippen LogP contribution in [0.2, 0.25) is 0 Å². The molecule has 2 aromatic rings. The second kappa shape index (κ2) is 7.64. The molecule has 0 aliphatic rings. The quantitative estimate of drug-likeness (QED) is 0.793. The lowest BCUT2D eigenvalue weighted by atomic mass is 10.0. The molecular weight excluding hydrogens is 264 g/mol. The maximum absolute atomic E-state index is 5.44. The Labute approximate surface area is 126 Å². The van der Waals surface area contributed by atoms with Crippen LogP contribution < -0.4 is 14.8 Å². The van der Waals surface area contributed by atoms with Crippen molar-refractivity contribution in [3.63, 3.8) is 0 Å². The van der Waals surface area contributed by atoms with E-state index in [-0.39, 0.29) is 0 Å². The Morgan fingerprint density at radius 2 is 1.95 bits per heavy atom. The maximum Gasteiger partial charge on any atom is 0.127 e. The van der Waals surface area contributed by atoms with Gasteiger partial charge in [-0.1, -0.05) is 6.92 Å². The molecule has 0 spiro atoms. The van der Waals surface area contributed by atoms with Crippen LogP contribution in [-0.2, 0) is 6.54 Å². The van der Waals surface area contributed by atoms with Crippen LogP contribution in [0.4, 0.5) is 0 Å². The first kappa shape index (κ1) is 15.3. The van der Waals surface area contributed by atoms with Gasteiger partial charge < -0.3 is 14.8 Å². The molecule has 0 amide bonds. The van der Waals surface area contributed by atoms with Gasteiger partial charge in [-0.05, 0) is 42.8 Å². The smallest absolute Gasteiger partial charge is 0.127 e. The van der Waals surface area contributed by atoms with E-state index in [2.05, 4.69) is 23.3 Å². The van der Waals surface area contributed by atoms with Gasteiger partial charge in [0.25, 0.3) is 0 Å². The van der Waals surface area contributed by atoms with E-state index in [1.54, 1.807) is 14.2 Å². The third-order valence-corrected chi connectivity index (χ3v) is 3.27. The molecule has 0 radical (unpaired) electrons. The third kappa shape index (κ3) is 3.95. The van der Waals surface area contributed by atoms with E-state index in [4.69, 9.17) is 9.47 Å². The highest BCUT2D eigenvalue weighted by molar-refractivity contribution is 5.71. The number of methoxy groups -OCH3 is 2. The average molecular weight is 286 g/mol. The Morgan fingerprint density at radius 3 is 2.67 bits per heavy atom. The number of hydrogen-bond acceptors (Lipinski definition) is 4. The predicted octanol–water partition coefficient (Wildman–Crippen LogP) is 3.27. The fraction of sp³-hybridized carbons (Fsp3) is 0.353. The lowest BCUT2D eigenvalue weighted by Crippen LogP contribution is -2.13. The summed E-state index contributed by atoms with van der Waals surface area (Å²) in [7, 11) is 3.33. The number of hydrogen-bond donors (Lipinski definition) is 1. The van der Waals surface area contributed by atoms with Gasteiger partial charge in [0.1, 0.15) is 11.5 Å². The molecule has 0 atom stereocenters. The molecular formula is C17H22N2O2. The normalized spacial score (nSPS) is 10.4. The fourth-order valence-corrected chi connectivity index (χ4v) is 2.18. The van der Waals surface area contributed by atoms with Crippen molar-refractivity contribution < 1.29 is 9.47 Å². The zero-order valence-electron chi connectivity index (χ0n) is 12.8. The van der Waals surface area contributed by atoms with Gasteiger partial charge in [-0.2, -0.15) is 0 Å². The van der Waals surface area contributed by atoms with Gasteiger partial charge in [0, 0.05) is 30.1 Å². The largest absolute Gasteiger partial charge is 0.497 e. The minimum atomic E-state index is 0.806. The Bertz CT molecular complexity index is 585. The van der Waals surface area contributed by atoms with Crippen LogP contribution in [0.15, 0.2) is 36.7 Å². The lowest BCUT2D eigenvalue weighted by Gasteiger charge is -2.11. The molecule has 1 aromatic heterocycles. The predicted molar refractivity (Wildman–Crippen MR) is 84.8 cm³/mol. The van der Waals surface area contributed by atoms with Crippen LogP contribution in [0.1, 0.15) is 18.9 Å². The molecule has 0 saturated carbocycles. The van der Waals surface area contributed by atoms with Crippen LogP contribution in [0.5, 0.6) is 11.5 Å². The van der Waals surface area contributed by atoms with Crippen LogP contribution in [0, 0.1) is 0 Å². The standard InChI is InChI=1S/C17H22N2O2/c1-4-7-18-10-13-8-14(12-19-11-13)16-9-15(20-2)5-6-17(16)21-3/h5-6,8-9,11-12,18H,4,7,10H2,1-3H3. The maximum atomic E-state index is 5.44. The second-order valence-corrected chi connectivity index (χ2v) is 4.82. The van der Waals surface area contributed by atoms with Gasteiger partial charge in [-0.25, -0.2) is 0 Å². The summed E-state index contributed by atoms with van der Waals surface area (Å²) in [5, 5.41) is 3.39. The van der Waals surface area contributed by atoms with E-state index in [1.807, 2.05) is 30.6 Å². The molecule has 0 aliphatic carbocycles. The van der Waals surface area contributed by atoms with E-state index in [9.17, 15) is 0 Å². The first-order chi connectivity index (χ1) is 10.3. The highest BCUT2D eigenvalue weighted by Gasteiger charge is 2.08. The Kier molecular flexibility index (Phi) is 5.58. The summed E-state index contributed by atoms with van der Waals surface area (Å²) < 4.78 is 10.7. The third-order valence-electron chi connectivity index (χ3n) is 3.27. The zero-order chi connectivity index (χ0) is 15.1. The second-order valence-electron chi connectivity index (χ2n) is 4.82. The van der Waals surface area contributed by atoms with E-state index in [0.717, 1.165) is 47.7 Å². The van der Waals surface area contributed by atoms with Crippen LogP contribution in [0.25, 0.3) is 11.1 Å². The number of aromatic nitrogens is 1. The fourth-order valence-electron chi connectivity index (χ4n) is 2.18. The van der Waals surface area contributed by atoms with Crippen molar-refractivity contribution in [2.75, 3.05) is 20.8 Å². The monoisotopic (exact) mass is 286 g/mol. The van der Waals surface area contributed by atoms with Gasteiger partial charge >= 0.3 is 0 Å². The van der Waals surface area contributed by atoms with E-state index < -0.39 is 0 Å². The number of benzene rings is 1. The van der Waals surface area contributed by atoms with Gasteiger partial charge in [-0.3, -0.25) is 4.98 Å². The number of pyridine rings is 1. The van der Waals surface area contributed by atoms with Crippen molar-refractivity contribution in [2.24, 2.45) is 0 Å². The summed E-state index contributed by atoms with van der Waals surface area (Å²) in [6.45, 7) is 3.98. The minimum absolute atomic E-state index is 0.806. The van der Waals surface area contributed by atoms with Crippen molar-refractivity contribution in [1.82, 2.24) is 10.3 Å². The molecule has 4 nitrogen and oxygen atoms in total. The molecule has 4 heteroatoms. The minimum Gasteiger partial charge on any atom is -0.497 e. The van der Waals surface area contributed by atoms with Gasteiger partial charge in [0.05, 0.1) is 14.2 Å². The van der Waals surface area contributed by atoms with Crippen molar-refractivity contribution in [3.8, 4) is 22.6 Å². The first-order valence-corrected chi connectivity index (χ1v) is 7.15. The number of ether oxygens (including phenoxy) is 2. The summed E-state index contributed by atoms with van der Waals surface area (Å²) in [5.74, 6) is 1.62. The van der Waals surface area contributed by atoms with Crippen LogP contribution in [0.3, 0.4) is 0 Å². The van der Waals surface area contributed by atoms with Crippen molar-refractivity contribution in [3.05, 3.63) is 42.2 Å². The molecule has 0 bridgehead atoms. The molecule has 21 heavy (non-hydrogen) atoms. The molecule has 112 valence electrons. The summed E-state index contributed by atoms with van der Waals surface area (Å²) in [5.41, 5.74) is 3.18. The number of rotatable bonds is 7. The van der Waals surface area contributed by atoms with E-state index >= 15 is 0 Å². The number of nitrogens with zero attached hydrogens (tertiary/aromatic N) is 1. The topological polar surface area (TPSA) is 43.4 Å². The van der Waals surface area contributed by atoms with E-state index in [0.29, 0.717) is 0 Å². The highest BCUT2D eigenvalue weighted by atomic mass is 16.5. The van der Waals surface area contributed by atoms with Gasteiger partial charge in [0.2, 0.25) is 0 Å². The molecule has 1 heterocycles. The summed E-state index contributed by atoms with van der Waals surface area (Å²) in [4.78, 5) is 4.33. The Balaban J connectivity index is 2.30. The van der Waals surface area contributed by atoms with Crippen molar-refractivity contribution in [2.45, 2.75) is 19.9 Å². The molecule has 0 fully saturated rings. The average Bonchev–Trinajstić information content (AvgIpc) is 2.55. The zero-order valence-corrected chi connectivity index (χ0v) is 12.8. The first-order valence-electron chi connectivity index (χ1n) is 7.15. The lowest BCUT2D eigenvalue weighted by molar-refractivity contribution is 0.404. The molecule has 0 aliphatic heterocycles. The Morgan fingerprint density at radius 1 is 1.10 bits per heavy atom. The molecule has 1 N–H and O–H groups in total. The van der Waals surface area contributed by atoms with Crippen molar-refractivity contribution >= 4 is 0 Å².